The van der Waals surface area contributed by atoms with Gasteiger partial charge in [-0.25, -0.2) is 9.18 Å². The van der Waals surface area contributed by atoms with Crippen molar-refractivity contribution in [3.8, 4) is 0 Å². The summed E-state index contributed by atoms with van der Waals surface area (Å²) in [6.45, 7) is 3.35. The van der Waals surface area contributed by atoms with Crippen molar-refractivity contribution in [3.05, 3.63) is 23.5 Å². The Balaban J connectivity index is 1.57. The molecule has 4 N–H and O–H groups in total. The molecule has 3 aliphatic rings. The number of nitrogens with one attached hydrogen (secondary N) is 1. The number of nitrogens with two attached hydrogens (primary N) is 1. The van der Waals surface area contributed by atoms with E-state index in [9.17, 15) is 14.7 Å². The Morgan fingerprint density at radius 1 is 1.27 bits per heavy atom. The van der Waals surface area contributed by atoms with Crippen molar-refractivity contribution < 1.29 is 23.8 Å². The summed E-state index contributed by atoms with van der Waals surface area (Å²) in [6.07, 6.45) is 3.93. The summed E-state index contributed by atoms with van der Waals surface area (Å²) in [6, 6.07) is 2.19. The minimum atomic E-state index is -1.13. The Morgan fingerprint density at radius 3 is 2.57 bits per heavy atom. The molecule has 7 nitrogen and oxygen atoms in total. The molecule has 164 valence electrons. The molecule has 1 saturated carbocycles. The van der Waals surface area contributed by atoms with Gasteiger partial charge in [0, 0.05) is 36.4 Å². The summed E-state index contributed by atoms with van der Waals surface area (Å²) in [7, 11) is 0. The Kier molecular flexibility index (Phi) is 5.72. The summed E-state index contributed by atoms with van der Waals surface area (Å²) < 4.78 is 20.6. The molecule has 8 heteroatoms. The summed E-state index contributed by atoms with van der Waals surface area (Å²) in [5.41, 5.74) is 6.58. The van der Waals surface area contributed by atoms with Gasteiger partial charge in [0.1, 0.15) is 5.82 Å². The van der Waals surface area contributed by atoms with Gasteiger partial charge in [0.2, 0.25) is 5.91 Å². The smallest absolute Gasteiger partial charge is 0.411 e. The van der Waals surface area contributed by atoms with Gasteiger partial charge in [-0.2, -0.15) is 0 Å². The van der Waals surface area contributed by atoms with Crippen LogP contribution in [0.15, 0.2) is 12.1 Å². The van der Waals surface area contributed by atoms with Crippen LogP contribution in [0.5, 0.6) is 0 Å². The van der Waals surface area contributed by atoms with Crippen LogP contribution in [0.1, 0.15) is 51.0 Å². The van der Waals surface area contributed by atoms with Gasteiger partial charge in [0.05, 0.1) is 11.7 Å². The van der Waals surface area contributed by atoms with Gasteiger partial charge in [0.25, 0.3) is 0 Å². The summed E-state index contributed by atoms with van der Waals surface area (Å²) in [4.78, 5) is 25.7. The monoisotopic (exact) mass is 419 g/mol. The van der Waals surface area contributed by atoms with Crippen LogP contribution in [0, 0.1) is 17.7 Å². The maximum absolute atomic E-state index is 15.2. The van der Waals surface area contributed by atoms with E-state index in [1.165, 1.54) is 11.0 Å². The van der Waals surface area contributed by atoms with Crippen molar-refractivity contribution in [2.45, 2.75) is 56.9 Å². The van der Waals surface area contributed by atoms with Crippen LogP contribution in [0.25, 0.3) is 0 Å². The van der Waals surface area contributed by atoms with Gasteiger partial charge in [-0.05, 0) is 49.7 Å². The lowest BCUT2D eigenvalue weighted by Gasteiger charge is -2.34. The van der Waals surface area contributed by atoms with Crippen molar-refractivity contribution in [1.29, 1.82) is 0 Å². The Labute approximate surface area is 175 Å². The predicted molar refractivity (Wildman–Crippen MR) is 111 cm³/mol. The van der Waals surface area contributed by atoms with E-state index < -0.39 is 23.4 Å². The molecule has 4 rings (SSSR count). The number of benzene rings is 1. The fourth-order valence-corrected chi connectivity index (χ4v) is 5.29. The van der Waals surface area contributed by atoms with Crippen LogP contribution >= 0.6 is 0 Å². The van der Waals surface area contributed by atoms with Gasteiger partial charge < -0.3 is 20.9 Å². The van der Waals surface area contributed by atoms with E-state index in [1.807, 2.05) is 0 Å². The molecule has 30 heavy (non-hydrogen) atoms. The molecule has 1 atom stereocenters. The average Bonchev–Trinajstić information content (AvgIpc) is 3.03. The van der Waals surface area contributed by atoms with E-state index in [2.05, 4.69) is 12.2 Å². The molecule has 2 heterocycles. The second kappa shape index (κ2) is 8.15. The predicted octanol–water partition coefficient (Wildman–Crippen LogP) is 3.46. The molecule has 1 aromatic rings. The number of nitrogens with zero attached hydrogens (tertiary/aromatic N) is 1. The van der Waals surface area contributed by atoms with Crippen LogP contribution in [0.2, 0.25) is 0 Å². The number of carbonyl (C=O) groups excluding carboxylic acids is 1. The quantitative estimate of drug-likeness (QED) is 0.696. The van der Waals surface area contributed by atoms with Crippen LogP contribution in [-0.4, -0.2) is 42.9 Å². The van der Waals surface area contributed by atoms with Crippen molar-refractivity contribution in [2.75, 3.05) is 30.0 Å². The molecule has 0 radical (unpaired) electrons. The maximum Gasteiger partial charge on any atom is 0.411 e. The highest BCUT2D eigenvalue weighted by Crippen LogP contribution is 2.49. The molecule has 2 amide bonds. The molecule has 0 bridgehead atoms. The first-order valence-corrected chi connectivity index (χ1v) is 10.8. The Morgan fingerprint density at radius 2 is 1.93 bits per heavy atom. The minimum Gasteiger partial charge on any atom is -0.465 e. The number of halogens is 1. The van der Waals surface area contributed by atoms with Gasteiger partial charge in [-0.1, -0.05) is 19.8 Å². The minimum absolute atomic E-state index is 0.113. The fraction of sp³-hybridized carbons (Fsp3) is 0.636. The summed E-state index contributed by atoms with van der Waals surface area (Å²) in [5, 5.41) is 12.4. The maximum atomic E-state index is 15.2. The molecule has 2 aliphatic heterocycles. The molecule has 1 saturated heterocycles. The van der Waals surface area contributed by atoms with Crippen molar-refractivity contribution in [3.63, 3.8) is 0 Å². The number of anilines is 2. The lowest BCUT2D eigenvalue weighted by molar-refractivity contribution is -0.118. The van der Waals surface area contributed by atoms with Crippen LogP contribution in [0.4, 0.5) is 20.6 Å². The summed E-state index contributed by atoms with van der Waals surface area (Å²) >= 11 is 0. The van der Waals surface area contributed by atoms with E-state index in [1.54, 1.807) is 6.07 Å². The molecule has 1 aliphatic carbocycles. The van der Waals surface area contributed by atoms with E-state index >= 15 is 4.39 Å². The Bertz CT molecular complexity index is 832. The number of rotatable bonds is 3. The van der Waals surface area contributed by atoms with Gasteiger partial charge in [-0.3, -0.25) is 9.69 Å². The second-order valence-corrected chi connectivity index (χ2v) is 9.15. The fourth-order valence-electron chi connectivity index (χ4n) is 5.29. The number of ether oxygens (including phenoxy) is 1. The topological polar surface area (TPSA) is 105 Å². The largest absolute Gasteiger partial charge is 0.465 e. The van der Waals surface area contributed by atoms with Crippen molar-refractivity contribution >= 4 is 23.4 Å². The van der Waals surface area contributed by atoms with Crippen LogP contribution in [0.3, 0.4) is 0 Å². The number of carboxylic acid groups (broad SMARTS) is 1. The second-order valence-electron chi connectivity index (χ2n) is 9.15. The first-order chi connectivity index (χ1) is 14.3. The van der Waals surface area contributed by atoms with Crippen molar-refractivity contribution in [2.24, 2.45) is 17.6 Å². The molecular weight excluding hydrogens is 389 g/mol. The first-order valence-electron chi connectivity index (χ1n) is 10.8. The van der Waals surface area contributed by atoms with Gasteiger partial charge in [0.15, 0.2) is 0 Å². The zero-order valence-electron chi connectivity index (χ0n) is 17.3. The third kappa shape index (κ3) is 3.78. The van der Waals surface area contributed by atoms with E-state index in [4.69, 9.17) is 10.5 Å². The molecule has 2 fully saturated rings. The van der Waals surface area contributed by atoms with E-state index in [0.29, 0.717) is 43.2 Å². The van der Waals surface area contributed by atoms with Gasteiger partial charge in [-0.15, -0.1) is 0 Å². The average molecular weight is 419 g/mol. The molecule has 1 aromatic carbocycles. The number of amides is 2. The molecule has 1 spiro atoms. The summed E-state index contributed by atoms with van der Waals surface area (Å²) in [5.74, 6) is -0.0774. The van der Waals surface area contributed by atoms with E-state index in [-0.39, 0.29) is 24.1 Å². The zero-order valence-corrected chi connectivity index (χ0v) is 17.3. The number of hydrogen-bond acceptors (Lipinski definition) is 4. The van der Waals surface area contributed by atoms with Crippen LogP contribution < -0.4 is 16.0 Å². The highest BCUT2D eigenvalue weighted by atomic mass is 19.1. The third-order valence-electron chi connectivity index (χ3n) is 7.17. The standard InChI is InChI=1S/C22H30FN3O4/c1-13-2-4-14(5-3-13)19(24)20(27)25-15-10-16(23)18-17(11-15)26(21(28)29)12-22(18)6-8-30-9-7-22/h10-11,13-14,19H,2-9,12,24H2,1H3,(H,25,27)(H,28,29). The third-order valence-corrected chi connectivity index (χ3v) is 7.17. The number of fused-ring (bicyclic) bond motifs is 2. The molecular formula is C22H30FN3O4. The molecule has 0 aromatic heterocycles. The lowest BCUT2D eigenvalue weighted by atomic mass is 9.75. The normalized spacial score (nSPS) is 26.3. The SMILES string of the molecule is CC1CCC(C(N)C(=O)Nc2cc(F)c3c(c2)N(C(=O)O)CC32CCOCC2)CC1. The van der Waals surface area contributed by atoms with E-state index in [0.717, 1.165) is 25.7 Å². The highest BCUT2D eigenvalue weighted by molar-refractivity contribution is 5.97. The number of carbonyl (C=O) groups is 2. The first kappa shape index (κ1) is 21.1. The lowest BCUT2D eigenvalue weighted by Crippen LogP contribution is -2.43. The van der Waals surface area contributed by atoms with Crippen LogP contribution in [-0.2, 0) is 14.9 Å². The molecule has 1 unspecified atom stereocenters. The number of hydrogen-bond donors (Lipinski definition) is 3. The van der Waals surface area contributed by atoms with Crippen molar-refractivity contribution in [1.82, 2.24) is 0 Å². The zero-order chi connectivity index (χ0) is 21.5. The Hall–Kier alpha value is -2.19. The van der Waals surface area contributed by atoms with Gasteiger partial charge >= 0.3 is 6.09 Å². The highest BCUT2D eigenvalue weighted by Gasteiger charge is 2.48.